The van der Waals surface area contributed by atoms with E-state index in [1.165, 1.54) is 43.7 Å². The van der Waals surface area contributed by atoms with Crippen LogP contribution in [0.25, 0.3) is 11.1 Å². The monoisotopic (exact) mass is 525 g/mol. The fourth-order valence-corrected chi connectivity index (χ4v) is 8.12. The van der Waals surface area contributed by atoms with Crippen molar-refractivity contribution in [3.63, 3.8) is 0 Å². The van der Waals surface area contributed by atoms with Gasteiger partial charge >= 0.3 is 0 Å². The van der Waals surface area contributed by atoms with E-state index in [4.69, 9.17) is 0 Å². The van der Waals surface area contributed by atoms with E-state index in [-0.39, 0.29) is 5.91 Å². The van der Waals surface area contributed by atoms with E-state index >= 15 is 0 Å². The maximum Gasteiger partial charge on any atom is 0.221 e. The van der Waals surface area contributed by atoms with Crippen molar-refractivity contribution >= 4 is 35.4 Å². The summed E-state index contributed by atoms with van der Waals surface area (Å²) in [4.78, 5) is 11.7. The minimum Gasteiger partial charge on any atom is -0.326 e. The summed E-state index contributed by atoms with van der Waals surface area (Å²) in [5.41, 5.74) is 8.78. The Bertz CT molecular complexity index is 1570. The number of benzene rings is 5. The molecule has 5 aromatic carbocycles. The van der Waals surface area contributed by atoms with E-state index in [1.807, 2.05) is 12.1 Å². The van der Waals surface area contributed by atoms with Crippen molar-refractivity contribution in [3.8, 4) is 11.1 Å². The normalized spacial score (nSPS) is 12.7. The molecule has 4 bridgehead atoms. The highest BCUT2D eigenvalue weighted by molar-refractivity contribution is 7.79. The lowest BCUT2D eigenvalue weighted by Gasteiger charge is -2.24. The van der Waals surface area contributed by atoms with Gasteiger partial charge in [-0.15, -0.1) is 0 Å². The summed E-state index contributed by atoms with van der Waals surface area (Å²) in [5, 5.41) is 7.22. The predicted molar refractivity (Wildman–Crippen MR) is 166 cm³/mol. The van der Waals surface area contributed by atoms with E-state index in [0.29, 0.717) is 0 Å². The molecule has 2 nitrogen and oxygen atoms in total. The maximum atomic E-state index is 11.7. The lowest BCUT2D eigenvalue weighted by Crippen LogP contribution is -2.24. The van der Waals surface area contributed by atoms with E-state index in [1.54, 1.807) is 6.92 Å². The molecule has 0 aliphatic heterocycles. The molecule has 0 atom stereocenters. The number of aryl methyl sites for hydroxylation is 4. The molecule has 192 valence electrons. The highest BCUT2D eigenvalue weighted by atomic mass is 31.1. The lowest BCUT2D eigenvalue weighted by molar-refractivity contribution is -0.114. The summed E-state index contributed by atoms with van der Waals surface area (Å²) in [6.07, 6.45) is 3.93. The molecule has 5 aromatic rings. The molecule has 0 heterocycles. The SMILES string of the molecule is CC(=O)Nc1cccc(-c2cc3ccc2CCc2ccc(c(P(c4ccccc4)c4ccccc4)c2)CC3)c1. The second-order valence-electron chi connectivity index (χ2n) is 10.2. The van der Waals surface area contributed by atoms with Gasteiger partial charge in [0.15, 0.2) is 0 Å². The quantitative estimate of drug-likeness (QED) is 0.247. The van der Waals surface area contributed by atoms with Gasteiger partial charge < -0.3 is 5.32 Å². The summed E-state index contributed by atoms with van der Waals surface area (Å²) in [6.45, 7) is 1.55. The Labute approximate surface area is 232 Å². The minimum absolute atomic E-state index is 0.0481. The molecular formula is C36H32NOP. The largest absolute Gasteiger partial charge is 0.326 e. The molecule has 4 aliphatic carbocycles. The van der Waals surface area contributed by atoms with Crippen molar-refractivity contribution in [2.45, 2.75) is 32.6 Å². The predicted octanol–water partition coefficient (Wildman–Crippen LogP) is 6.95. The Kier molecular flexibility index (Phi) is 7.39. The molecule has 0 saturated carbocycles. The van der Waals surface area contributed by atoms with Gasteiger partial charge in [-0.2, -0.15) is 0 Å². The number of carbonyl (C=O) groups is 1. The number of rotatable bonds is 5. The van der Waals surface area contributed by atoms with Gasteiger partial charge in [0.05, 0.1) is 0 Å². The average molecular weight is 526 g/mol. The molecule has 4 aliphatic rings. The number of hydrogen-bond acceptors (Lipinski definition) is 1. The zero-order valence-corrected chi connectivity index (χ0v) is 23.1. The Morgan fingerprint density at radius 1 is 0.615 bits per heavy atom. The van der Waals surface area contributed by atoms with Crippen LogP contribution in [-0.2, 0) is 30.5 Å². The van der Waals surface area contributed by atoms with Crippen LogP contribution in [0.5, 0.6) is 0 Å². The van der Waals surface area contributed by atoms with Crippen LogP contribution < -0.4 is 21.2 Å². The van der Waals surface area contributed by atoms with Crippen molar-refractivity contribution in [1.82, 2.24) is 0 Å². The molecule has 0 saturated heterocycles. The Morgan fingerprint density at radius 2 is 1.23 bits per heavy atom. The summed E-state index contributed by atoms with van der Waals surface area (Å²) >= 11 is 0. The third-order valence-corrected chi connectivity index (χ3v) is 9.98. The number of hydrogen-bond donors (Lipinski definition) is 1. The summed E-state index contributed by atoms with van der Waals surface area (Å²) in [5.74, 6) is -0.0481. The van der Waals surface area contributed by atoms with Gasteiger partial charge in [-0.1, -0.05) is 109 Å². The van der Waals surface area contributed by atoms with Crippen LogP contribution in [0.3, 0.4) is 0 Å². The second kappa shape index (κ2) is 11.4. The van der Waals surface area contributed by atoms with Gasteiger partial charge in [0.2, 0.25) is 5.91 Å². The molecule has 3 heteroatoms. The first-order valence-electron chi connectivity index (χ1n) is 13.7. The molecule has 0 fully saturated rings. The topological polar surface area (TPSA) is 29.1 Å². The van der Waals surface area contributed by atoms with Crippen LogP contribution in [0.15, 0.2) is 121 Å². The number of anilines is 1. The zero-order valence-electron chi connectivity index (χ0n) is 22.2. The van der Waals surface area contributed by atoms with Crippen LogP contribution in [-0.4, -0.2) is 5.91 Å². The van der Waals surface area contributed by atoms with Gasteiger partial charge in [-0.25, -0.2) is 0 Å². The summed E-state index contributed by atoms with van der Waals surface area (Å²) in [6, 6.07) is 44.5. The maximum absolute atomic E-state index is 11.7. The first kappa shape index (κ1) is 25.3. The molecule has 0 unspecified atom stereocenters. The average Bonchev–Trinajstić information content (AvgIpc) is 2.96. The van der Waals surface area contributed by atoms with Crippen LogP contribution in [0.1, 0.15) is 29.2 Å². The van der Waals surface area contributed by atoms with Crippen molar-refractivity contribution in [1.29, 1.82) is 0 Å². The molecular weight excluding hydrogens is 493 g/mol. The van der Waals surface area contributed by atoms with Crippen LogP contribution >= 0.6 is 7.92 Å². The smallest absolute Gasteiger partial charge is 0.221 e. The Balaban J connectivity index is 1.40. The molecule has 9 rings (SSSR count). The first-order valence-corrected chi connectivity index (χ1v) is 15.0. The van der Waals surface area contributed by atoms with E-state index in [2.05, 4.69) is 115 Å². The van der Waals surface area contributed by atoms with Crippen molar-refractivity contribution in [2.24, 2.45) is 0 Å². The fourth-order valence-electron chi connectivity index (χ4n) is 5.56. The van der Waals surface area contributed by atoms with E-state index < -0.39 is 7.92 Å². The Morgan fingerprint density at radius 3 is 1.90 bits per heavy atom. The molecule has 39 heavy (non-hydrogen) atoms. The zero-order chi connectivity index (χ0) is 26.6. The van der Waals surface area contributed by atoms with Crippen molar-refractivity contribution < 1.29 is 4.79 Å². The van der Waals surface area contributed by atoms with Gasteiger partial charge in [-0.3, -0.25) is 4.79 Å². The van der Waals surface area contributed by atoms with Gasteiger partial charge in [0.1, 0.15) is 0 Å². The number of nitrogens with one attached hydrogen (secondary N) is 1. The summed E-state index contributed by atoms with van der Waals surface area (Å²) < 4.78 is 0. The van der Waals surface area contributed by atoms with Gasteiger partial charge in [-0.05, 0) is 95.0 Å². The third-order valence-electron chi connectivity index (χ3n) is 7.45. The lowest BCUT2D eigenvalue weighted by atomic mass is 9.90. The highest BCUT2D eigenvalue weighted by Crippen LogP contribution is 2.36. The molecule has 0 spiro atoms. The minimum atomic E-state index is -0.644. The molecule has 1 N–H and O–H groups in total. The fraction of sp³-hybridized carbons (Fsp3) is 0.139. The first-order chi connectivity index (χ1) is 19.1. The van der Waals surface area contributed by atoms with E-state index in [9.17, 15) is 4.79 Å². The van der Waals surface area contributed by atoms with Gasteiger partial charge in [0.25, 0.3) is 0 Å². The van der Waals surface area contributed by atoms with Crippen LogP contribution in [0, 0.1) is 0 Å². The second-order valence-corrected chi connectivity index (χ2v) is 12.4. The van der Waals surface area contributed by atoms with Crippen LogP contribution in [0.2, 0.25) is 0 Å². The number of amides is 1. The molecule has 0 aromatic heterocycles. The molecule has 1 amide bonds. The highest BCUT2D eigenvalue weighted by Gasteiger charge is 2.21. The van der Waals surface area contributed by atoms with Crippen molar-refractivity contribution in [2.75, 3.05) is 5.32 Å². The van der Waals surface area contributed by atoms with E-state index in [0.717, 1.165) is 36.9 Å². The third kappa shape index (κ3) is 5.72. The standard InChI is InChI=1S/C36H32NOP/c1-26(38)37-32-10-8-9-31(25-32)35-23-27-15-19-29(35)20-16-28-18-22-30(21-17-27)36(24-28)39(33-11-4-2-5-12-33)34-13-6-3-7-14-34/h2-15,18-19,22-25H,16-17,20-21H2,1H3,(H,37,38). The molecule has 0 radical (unpaired) electrons. The van der Waals surface area contributed by atoms with Crippen LogP contribution in [0.4, 0.5) is 5.69 Å². The number of carbonyl (C=O) groups excluding carboxylic acids is 1. The summed E-state index contributed by atoms with van der Waals surface area (Å²) in [7, 11) is -0.644. The van der Waals surface area contributed by atoms with Crippen molar-refractivity contribution in [3.05, 3.63) is 144 Å². The Hall–Kier alpha value is -4.00. The van der Waals surface area contributed by atoms with Gasteiger partial charge in [0, 0.05) is 12.6 Å².